The Balaban J connectivity index is 1.87. The Morgan fingerprint density at radius 2 is 1.94 bits per heavy atom. The maximum absolute atomic E-state index is 11.9. The molecule has 9 nitrogen and oxygen atoms in total. The van der Waals surface area contributed by atoms with Crippen LogP contribution in [0.1, 0.15) is 15.9 Å². The monoisotopic (exact) mass is 432 g/mol. The molecule has 2 aromatic rings. The molecule has 0 aliphatic carbocycles. The summed E-state index contributed by atoms with van der Waals surface area (Å²) in [6.07, 6.45) is -5.73. The van der Waals surface area contributed by atoms with Gasteiger partial charge >= 0.3 is 0 Å². The molecular formula is C22H28N2O7. The Hall–Kier alpha value is -2.53. The third-order valence-electron chi connectivity index (χ3n) is 5.52. The molecule has 0 radical (unpaired) electrons. The van der Waals surface area contributed by atoms with Gasteiger partial charge in [-0.2, -0.15) is 0 Å². The van der Waals surface area contributed by atoms with Gasteiger partial charge in [0.25, 0.3) is 5.91 Å². The number of ether oxygens (including phenoxy) is 2. The summed E-state index contributed by atoms with van der Waals surface area (Å²) < 4.78 is 11.3. The van der Waals surface area contributed by atoms with Crippen molar-refractivity contribution >= 4 is 5.91 Å². The normalized spacial score (nSPS) is 28.2. The number of aryl methyl sites for hydroxylation is 1. The first kappa shape index (κ1) is 23.1. The summed E-state index contributed by atoms with van der Waals surface area (Å²) in [6.45, 7) is 0.788. The van der Waals surface area contributed by atoms with Crippen LogP contribution in [0, 0.1) is 6.92 Å². The largest absolute Gasteiger partial charge is 0.461 e. The van der Waals surface area contributed by atoms with Crippen LogP contribution in [-0.2, 0) is 4.74 Å². The van der Waals surface area contributed by atoms with Crippen LogP contribution in [0.25, 0.3) is 11.1 Å². The van der Waals surface area contributed by atoms with Crippen LogP contribution in [0.2, 0.25) is 0 Å². The van der Waals surface area contributed by atoms with E-state index in [0.717, 1.165) is 11.1 Å². The zero-order valence-electron chi connectivity index (χ0n) is 17.4. The molecule has 0 aromatic heterocycles. The van der Waals surface area contributed by atoms with E-state index < -0.39 is 43.4 Å². The summed E-state index contributed by atoms with van der Waals surface area (Å²) in [5.41, 5.74) is 6.47. The Morgan fingerprint density at radius 3 is 2.55 bits per heavy atom. The van der Waals surface area contributed by atoms with E-state index in [2.05, 4.69) is 5.32 Å². The molecule has 31 heavy (non-hydrogen) atoms. The zero-order chi connectivity index (χ0) is 22.8. The van der Waals surface area contributed by atoms with Crippen molar-refractivity contribution in [3.63, 3.8) is 0 Å². The lowest BCUT2D eigenvalue weighted by atomic mass is 9.86. The Labute approximate surface area is 180 Å². The van der Waals surface area contributed by atoms with Gasteiger partial charge < -0.3 is 41.0 Å². The predicted molar refractivity (Wildman–Crippen MR) is 112 cm³/mol. The van der Waals surface area contributed by atoms with Gasteiger partial charge in [0.1, 0.15) is 24.1 Å². The molecule has 1 aliphatic heterocycles. The molecule has 168 valence electrons. The third-order valence-corrected chi connectivity index (χ3v) is 5.52. The zero-order valence-corrected chi connectivity index (χ0v) is 17.4. The number of amides is 1. The number of carbonyl (C=O) groups excluding carboxylic acids is 1. The molecule has 9 heteroatoms. The van der Waals surface area contributed by atoms with Gasteiger partial charge in [-0.25, -0.2) is 0 Å². The summed E-state index contributed by atoms with van der Waals surface area (Å²) in [7, 11) is 1.57. The standard InChI is InChI=1S/C22H28N2O7/c1-12-8-14(13-4-3-5-15(9-13)20(28)24-2)6-7-16(12)30-21-22(29,11-23)19(27)18(26)17(10-25)31-21/h3-9,17-19,21,25-27,29H,10-11,23H2,1-2H3,(H,24,28)/t17-,18-,19+,21+,22-/m1/s1. The van der Waals surface area contributed by atoms with Gasteiger partial charge in [0.15, 0.2) is 5.60 Å². The molecule has 1 aliphatic rings. The fraction of sp³-hybridized carbons (Fsp3) is 0.409. The van der Waals surface area contributed by atoms with Crippen LogP contribution in [0.5, 0.6) is 5.75 Å². The molecule has 3 rings (SSSR count). The molecular weight excluding hydrogens is 404 g/mol. The summed E-state index contributed by atoms with van der Waals surface area (Å²) in [5, 5.41) is 43.1. The highest BCUT2D eigenvalue weighted by molar-refractivity contribution is 5.95. The number of hydrogen-bond donors (Lipinski definition) is 6. The summed E-state index contributed by atoms with van der Waals surface area (Å²) in [5.74, 6) is 0.177. The number of aliphatic hydroxyl groups excluding tert-OH is 3. The van der Waals surface area contributed by atoms with Gasteiger partial charge in [0.05, 0.1) is 6.61 Å². The van der Waals surface area contributed by atoms with Crippen LogP contribution >= 0.6 is 0 Å². The number of nitrogens with two attached hydrogens (primary N) is 1. The maximum atomic E-state index is 11.9. The molecule has 1 saturated heterocycles. The molecule has 1 amide bonds. The van der Waals surface area contributed by atoms with Crippen LogP contribution in [0.4, 0.5) is 0 Å². The van der Waals surface area contributed by atoms with Gasteiger partial charge in [-0.1, -0.05) is 18.2 Å². The number of carbonyl (C=O) groups is 1. The second kappa shape index (κ2) is 9.31. The number of aliphatic hydroxyl groups is 4. The van der Waals surface area contributed by atoms with Crippen molar-refractivity contribution in [2.75, 3.05) is 20.2 Å². The number of nitrogens with one attached hydrogen (secondary N) is 1. The van der Waals surface area contributed by atoms with E-state index >= 15 is 0 Å². The molecule has 0 unspecified atom stereocenters. The van der Waals surface area contributed by atoms with Crippen LogP contribution in [0.15, 0.2) is 42.5 Å². The molecule has 0 spiro atoms. The first-order valence-corrected chi connectivity index (χ1v) is 9.90. The molecule has 5 atom stereocenters. The van der Waals surface area contributed by atoms with E-state index in [-0.39, 0.29) is 5.91 Å². The average molecular weight is 432 g/mol. The van der Waals surface area contributed by atoms with E-state index in [0.29, 0.717) is 16.9 Å². The third kappa shape index (κ3) is 4.42. The van der Waals surface area contributed by atoms with Gasteiger partial charge in [0, 0.05) is 19.2 Å². The smallest absolute Gasteiger partial charge is 0.251 e. The first-order chi connectivity index (χ1) is 14.7. The second-order valence-electron chi connectivity index (χ2n) is 7.58. The van der Waals surface area contributed by atoms with Crippen LogP contribution in [0.3, 0.4) is 0 Å². The Bertz CT molecular complexity index is 938. The fourth-order valence-corrected chi connectivity index (χ4v) is 3.55. The van der Waals surface area contributed by atoms with E-state index in [9.17, 15) is 25.2 Å². The summed E-state index contributed by atoms with van der Waals surface area (Å²) in [4.78, 5) is 11.9. The summed E-state index contributed by atoms with van der Waals surface area (Å²) >= 11 is 0. The minimum atomic E-state index is -2.07. The van der Waals surface area contributed by atoms with E-state index in [1.807, 2.05) is 12.1 Å². The van der Waals surface area contributed by atoms with E-state index in [1.54, 1.807) is 44.3 Å². The average Bonchev–Trinajstić information content (AvgIpc) is 2.79. The van der Waals surface area contributed by atoms with Crippen molar-refractivity contribution in [1.82, 2.24) is 5.32 Å². The molecule has 1 fully saturated rings. The minimum Gasteiger partial charge on any atom is -0.461 e. The van der Waals surface area contributed by atoms with Crippen molar-refractivity contribution in [3.8, 4) is 16.9 Å². The van der Waals surface area contributed by atoms with Crippen molar-refractivity contribution in [2.45, 2.75) is 37.1 Å². The topological polar surface area (TPSA) is 155 Å². The Kier molecular flexibility index (Phi) is 6.95. The lowest BCUT2D eigenvalue weighted by Crippen LogP contribution is -2.70. The molecule has 1 heterocycles. The van der Waals surface area contributed by atoms with E-state index in [1.165, 1.54) is 0 Å². The SMILES string of the molecule is CNC(=O)c1cccc(-c2ccc(O[C@H]3O[C@H](CO)[C@@H](O)[C@H](O)[C@]3(O)CN)c(C)c2)c1. The summed E-state index contributed by atoms with van der Waals surface area (Å²) in [6, 6.07) is 12.5. The highest BCUT2D eigenvalue weighted by Gasteiger charge is 2.55. The number of benzene rings is 2. The first-order valence-electron chi connectivity index (χ1n) is 9.90. The van der Waals surface area contributed by atoms with Crippen molar-refractivity contribution in [3.05, 3.63) is 53.6 Å². The number of hydrogen-bond acceptors (Lipinski definition) is 8. The van der Waals surface area contributed by atoms with Crippen molar-refractivity contribution < 1.29 is 34.7 Å². The van der Waals surface area contributed by atoms with Crippen molar-refractivity contribution in [1.29, 1.82) is 0 Å². The maximum Gasteiger partial charge on any atom is 0.251 e. The van der Waals surface area contributed by atoms with Gasteiger partial charge in [0.2, 0.25) is 6.29 Å². The van der Waals surface area contributed by atoms with Crippen molar-refractivity contribution in [2.24, 2.45) is 5.73 Å². The highest BCUT2D eigenvalue weighted by Crippen LogP contribution is 2.34. The Morgan fingerprint density at radius 1 is 1.23 bits per heavy atom. The van der Waals surface area contributed by atoms with Gasteiger partial charge in [-0.05, 0) is 47.9 Å². The highest BCUT2D eigenvalue weighted by atomic mass is 16.7. The lowest BCUT2D eigenvalue weighted by molar-refractivity contribution is -0.317. The fourth-order valence-electron chi connectivity index (χ4n) is 3.55. The quantitative estimate of drug-likeness (QED) is 0.358. The molecule has 7 N–H and O–H groups in total. The predicted octanol–water partition coefficient (Wildman–Crippen LogP) is -0.471. The van der Waals surface area contributed by atoms with E-state index in [4.69, 9.17) is 15.2 Å². The lowest BCUT2D eigenvalue weighted by Gasteiger charge is -2.47. The minimum absolute atomic E-state index is 0.187. The van der Waals surface area contributed by atoms with Crippen LogP contribution < -0.4 is 15.8 Å². The molecule has 0 saturated carbocycles. The second-order valence-corrected chi connectivity index (χ2v) is 7.58. The molecule has 2 aromatic carbocycles. The molecule has 0 bridgehead atoms. The van der Waals surface area contributed by atoms with Crippen LogP contribution in [-0.4, -0.2) is 76.7 Å². The number of rotatable bonds is 6. The van der Waals surface area contributed by atoms with Gasteiger partial charge in [-0.3, -0.25) is 4.79 Å². The van der Waals surface area contributed by atoms with Gasteiger partial charge in [-0.15, -0.1) is 0 Å².